The lowest BCUT2D eigenvalue weighted by molar-refractivity contribution is 0.0914. The maximum absolute atomic E-state index is 12.9. The first-order valence-corrected chi connectivity index (χ1v) is 8.68. The summed E-state index contributed by atoms with van der Waals surface area (Å²) in [5, 5.41) is 10.3. The molecule has 0 saturated carbocycles. The van der Waals surface area contributed by atoms with Gasteiger partial charge < -0.3 is 23.9 Å². The molecule has 2 aromatic carbocycles. The van der Waals surface area contributed by atoms with Crippen molar-refractivity contribution in [3.63, 3.8) is 0 Å². The summed E-state index contributed by atoms with van der Waals surface area (Å²) < 4.78 is 34.3. The Morgan fingerprint density at radius 3 is 2.24 bits per heavy atom. The molecule has 0 spiro atoms. The van der Waals surface area contributed by atoms with Gasteiger partial charge in [-0.2, -0.15) is 0 Å². The molecule has 3 rings (SSSR count). The van der Waals surface area contributed by atoms with Crippen LogP contribution in [0.25, 0.3) is 0 Å². The molecular weight excluding hydrogens is 381 g/mol. The lowest BCUT2D eigenvalue weighted by Crippen LogP contribution is -2.23. The Labute approximate surface area is 166 Å². The molecule has 0 aliphatic carbocycles. The van der Waals surface area contributed by atoms with E-state index >= 15 is 0 Å². The van der Waals surface area contributed by atoms with Crippen molar-refractivity contribution in [2.24, 2.45) is 0 Å². The monoisotopic (exact) mass is 401 g/mol. The first-order valence-electron chi connectivity index (χ1n) is 8.68. The molecule has 3 aromatic rings. The summed E-state index contributed by atoms with van der Waals surface area (Å²) >= 11 is 0. The van der Waals surface area contributed by atoms with Gasteiger partial charge in [0.2, 0.25) is 11.6 Å². The van der Waals surface area contributed by atoms with E-state index in [1.807, 2.05) is 0 Å². The van der Waals surface area contributed by atoms with Gasteiger partial charge >= 0.3 is 11.8 Å². The van der Waals surface area contributed by atoms with Crippen LogP contribution in [0.5, 0.6) is 17.2 Å². The Morgan fingerprint density at radius 1 is 1.00 bits per heavy atom. The molecule has 1 amide bonds. The van der Waals surface area contributed by atoms with Crippen LogP contribution in [0.4, 0.5) is 4.39 Å². The second-order valence-electron chi connectivity index (χ2n) is 6.02. The van der Waals surface area contributed by atoms with Crippen molar-refractivity contribution in [2.75, 3.05) is 21.3 Å². The Bertz CT molecular complexity index is 963. The molecular formula is C20H20FN3O5. The van der Waals surface area contributed by atoms with Crippen molar-refractivity contribution in [3.8, 4) is 17.2 Å². The smallest absolute Gasteiger partial charge is 0.309 e. The maximum atomic E-state index is 12.9. The second-order valence-corrected chi connectivity index (χ2v) is 6.02. The van der Waals surface area contributed by atoms with Crippen LogP contribution in [0.1, 0.15) is 27.7 Å². The van der Waals surface area contributed by atoms with Crippen molar-refractivity contribution >= 4 is 5.91 Å². The van der Waals surface area contributed by atoms with E-state index in [9.17, 15) is 9.18 Å². The van der Waals surface area contributed by atoms with Crippen molar-refractivity contribution in [1.29, 1.82) is 0 Å². The Morgan fingerprint density at radius 2 is 1.66 bits per heavy atom. The molecule has 1 aromatic heterocycles. The quantitative estimate of drug-likeness (QED) is 0.620. The molecule has 0 radical (unpaired) electrons. The third-order valence-corrected chi connectivity index (χ3v) is 4.11. The number of carbonyl (C=O) groups is 1. The molecule has 0 unspecified atom stereocenters. The van der Waals surface area contributed by atoms with Gasteiger partial charge in [0.15, 0.2) is 11.5 Å². The number of carbonyl (C=O) groups excluding carboxylic acids is 1. The van der Waals surface area contributed by atoms with Crippen molar-refractivity contribution in [3.05, 3.63) is 65.1 Å². The second kappa shape index (κ2) is 9.05. The molecule has 8 nitrogen and oxygen atoms in total. The van der Waals surface area contributed by atoms with E-state index in [-0.39, 0.29) is 30.6 Å². The van der Waals surface area contributed by atoms with E-state index in [0.717, 1.165) is 11.1 Å². The Balaban J connectivity index is 1.68. The molecule has 1 N–H and O–H groups in total. The molecule has 29 heavy (non-hydrogen) atoms. The number of amides is 1. The number of rotatable bonds is 8. The first-order chi connectivity index (χ1) is 14.0. The number of nitrogens with one attached hydrogen (secondary N) is 1. The number of methoxy groups -OCH3 is 3. The van der Waals surface area contributed by atoms with Crippen LogP contribution in [0.15, 0.2) is 40.8 Å². The van der Waals surface area contributed by atoms with Crippen LogP contribution in [0, 0.1) is 5.82 Å². The van der Waals surface area contributed by atoms with Gasteiger partial charge in [0.1, 0.15) is 5.82 Å². The number of aromatic nitrogens is 2. The molecule has 0 bridgehead atoms. The Hall–Kier alpha value is -3.62. The molecule has 1 heterocycles. The number of halogens is 1. The van der Waals surface area contributed by atoms with E-state index in [1.54, 1.807) is 24.3 Å². The van der Waals surface area contributed by atoms with E-state index in [4.69, 9.17) is 18.6 Å². The summed E-state index contributed by atoms with van der Waals surface area (Å²) in [6, 6.07) is 9.34. The zero-order valence-electron chi connectivity index (χ0n) is 16.2. The fraction of sp³-hybridized carbons (Fsp3) is 0.250. The number of nitrogens with zero attached hydrogens (tertiary/aromatic N) is 2. The lowest BCUT2D eigenvalue weighted by Gasteiger charge is -2.13. The molecule has 0 atom stereocenters. The van der Waals surface area contributed by atoms with E-state index in [2.05, 4.69) is 15.5 Å². The minimum Gasteiger partial charge on any atom is -0.493 e. The van der Waals surface area contributed by atoms with Crippen molar-refractivity contribution in [2.45, 2.75) is 13.0 Å². The minimum atomic E-state index is -0.516. The number of ether oxygens (including phenoxy) is 3. The standard InChI is InChI=1S/C20H20FN3O5/c1-26-15-8-13(9-16(27-2)18(15)28-3)10-17-23-24-20(29-17)19(25)22-11-12-4-6-14(21)7-5-12/h4-9H,10-11H2,1-3H3,(H,22,25). The minimum absolute atomic E-state index is 0.158. The summed E-state index contributed by atoms with van der Waals surface area (Å²) in [6.07, 6.45) is 0.273. The van der Waals surface area contributed by atoms with Crippen molar-refractivity contribution < 1.29 is 27.8 Å². The summed E-state index contributed by atoms with van der Waals surface area (Å²) in [5.74, 6) is 0.717. The van der Waals surface area contributed by atoms with E-state index in [1.165, 1.54) is 33.5 Å². The SMILES string of the molecule is COc1cc(Cc2nnc(C(=O)NCc3ccc(F)cc3)o2)cc(OC)c1OC. The summed E-state index contributed by atoms with van der Waals surface area (Å²) in [4.78, 5) is 12.2. The van der Waals surface area contributed by atoms with Crippen molar-refractivity contribution in [1.82, 2.24) is 15.5 Å². The van der Waals surface area contributed by atoms with E-state index < -0.39 is 5.91 Å². The van der Waals surface area contributed by atoms with Crippen LogP contribution in [0.3, 0.4) is 0 Å². The molecule has 0 fully saturated rings. The highest BCUT2D eigenvalue weighted by Crippen LogP contribution is 2.38. The van der Waals surface area contributed by atoms with Gasteiger partial charge in [-0.25, -0.2) is 4.39 Å². The zero-order chi connectivity index (χ0) is 20.8. The van der Waals surface area contributed by atoms with Gasteiger partial charge in [-0.05, 0) is 35.4 Å². The molecule has 152 valence electrons. The third kappa shape index (κ3) is 4.81. The fourth-order valence-corrected chi connectivity index (χ4v) is 2.69. The predicted octanol–water partition coefficient (Wildman–Crippen LogP) is 2.76. The fourth-order valence-electron chi connectivity index (χ4n) is 2.69. The van der Waals surface area contributed by atoms with Gasteiger partial charge in [0.25, 0.3) is 0 Å². The highest BCUT2D eigenvalue weighted by molar-refractivity contribution is 5.89. The average Bonchev–Trinajstić information content (AvgIpc) is 3.20. The number of hydrogen-bond donors (Lipinski definition) is 1. The lowest BCUT2D eigenvalue weighted by atomic mass is 10.1. The van der Waals surface area contributed by atoms with Gasteiger partial charge in [0.05, 0.1) is 27.8 Å². The topological polar surface area (TPSA) is 95.7 Å². The van der Waals surface area contributed by atoms with Gasteiger partial charge in [0, 0.05) is 6.54 Å². The largest absolute Gasteiger partial charge is 0.493 e. The number of hydrogen-bond acceptors (Lipinski definition) is 7. The van der Waals surface area contributed by atoms with Crippen LogP contribution in [-0.2, 0) is 13.0 Å². The Kier molecular flexibility index (Phi) is 6.28. The predicted molar refractivity (Wildman–Crippen MR) is 101 cm³/mol. The average molecular weight is 401 g/mol. The highest BCUT2D eigenvalue weighted by atomic mass is 19.1. The van der Waals surface area contributed by atoms with Crippen LogP contribution in [0.2, 0.25) is 0 Å². The van der Waals surface area contributed by atoms with Crippen LogP contribution >= 0.6 is 0 Å². The summed E-state index contributed by atoms with van der Waals surface area (Å²) in [7, 11) is 4.57. The van der Waals surface area contributed by atoms with E-state index in [0.29, 0.717) is 17.2 Å². The maximum Gasteiger partial charge on any atom is 0.309 e. The van der Waals surface area contributed by atoms with Gasteiger partial charge in [-0.3, -0.25) is 4.79 Å². The summed E-state index contributed by atoms with van der Waals surface area (Å²) in [5.41, 5.74) is 1.53. The number of benzene rings is 2. The molecule has 0 aliphatic rings. The van der Waals surface area contributed by atoms with Crippen LogP contribution in [-0.4, -0.2) is 37.4 Å². The zero-order valence-corrected chi connectivity index (χ0v) is 16.2. The molecule has 0 saturated heterocycles. The first kappa shape index (κ1) is 20.1. The van der Waals surface area contributed by atoms with Crippen LogP contribution < -0.4 is 19.5 Å². The van der Waals surface area contributed by atoms with Gasteiger partial charge in [-0.15, -0.1) is 10.2 Å². The highest BCUT2D eigenvalue weighted by Gasteiger charge is 2.17. The molecule has 0 aliphatic heterocycles. The molecule has 9 heteroatoms. The third-order valence-electron chi connectivity index (χ3n) is 4.11. The normalized spacial score (nSPS) is 10.5. The summed E-state index contributed by atoms with van der Waals surface area (Å²) in [6.45, 7) is 0.212. The van der Waals surface area contributed by atoms with Gasteiger partial charge in [-0.1, -0.05) is 12.1 Å².